The van der Waals surface area contributed by atoms with Gasteiger partial charge in [0.25, 0.3) is 5.91 Å². The van der Waals surface area contributed by atoms with Crippen molar-refractivity contribution in [2.24, 2.45) is 23.2 Å². The summed E-state index contributed by atoms with van der Waals surface area (Å²) >= 11 is 6.07. The van der Waals surface area contributed by atoms with Crippen molar-refractivity contribution in [2.45, 2.75) is 38.5 Å². The highest BCUT2D eigenvalue weighted by Gasteiger charge is 2.50. The number of nitrogens with zero attached hydrogens (tertiary/aromatic N) is 1. The van der Waals surface area contributed by atoms with Crippen LogP contribution in [0.4, 0.5) is 0 Å². The van der Waals surface area contributed by atoms with E-state index in [1.165, 1.54) is 38.5 Å². The summed E-state index contributed by atoms with van der Waals surface area (Å²) in [6, 6.07) is 6.84. The summed E-state index contributed by atoms with van der Waals surface area (Å²) in [5.74, 6) is 2.99. The SMILES string of the molecule is N#Cc1ccc(OCC(=O)NCC23CC4CC(CC(C4)C2)C3)c(Cl)c1. The van der Waals surface area contributed by atoms with Crippen LogP contribution in [0.1, 0.15) is 44.1 Å². The molecule has 0 heterocycles. The number of nitrogens with one attached hydrogen (secondary N) is 1. The number of amides is 1. The molecule has 0 radical (unpaired) electrons. The van der Waals surface area contributed by atoms with E-state index in [0.29, 0.717) is 21.8 Å². The molecule has 0 unspecified atom stereocenters. The van der Waals surface area contributed by atoms with Gasteiger partial charge in [-0.15, -0.1) is 0 Å². The van der Waals surface area contributed by atoms with Crippen LogP contribution in [0.2, 0.25) is 5.02 Å². The van der Waals surface area contributed by atoms with Gasteiger partial charge in [-0.1, -0.05) is 11.6 Å². The van der Waals surface area contributed by atoms with E-state index >= 15 is 0 Å². The van der Waals surface area contributed by atoms with E-state index in [2.05, 4.69) is 5.32 Å². The summed E-state index contributed by atoms with van der Waals surface area (Å²) in [6.07, 6.45) is 8.07. The highest BCUT2D eigenvalue weighted by atomic mass is 35.5. The molecule has 4 nitrogen and oxygen atoms in total. The summed E-state index contributed by atoms with van der Waals surface area (Å²) in [5.41, 5.74) is 0.805. The molecule has 4 aliphatic rings. The van der Waals surface area contributed by atoms with Crippen LogP contribution in [0.5, 0.6) is 5.75 Å². The Morgan fingerprint density at radius 1 is 1.24 bits per heavy atom. The summed E-state index contributed by atoms with van der Waals surface area (Å²) in [5, 5.41) is 12.3. The van der Waals surface area contributed by atoms with Crippen LogP contribution in [-0.4, -0.2) is 19.1 Å². The molecule has 4 fully saturated rings. The minimum Gasteiger partial charge on any atom is -0.482 e. The second-order valence-corrected chi connectivity index (χ2v) is 8.65. The van der Waals surface area contributed by atoms with Crippen LogP contribution in [-0.2, 0) is 4.79 Å². The maximum atomic E-state index is 12.2. The molecule has 5 rings (SSSR count). The Kier molecular flexibility index (Phi) is 4.37. The minimum absolute atomic E-state index is 0.0437. The van der Waals surface area contributed by atoms with Gasteiger partial charge in [0, 0.05) is 6.54 Å². The molecule has 1 N–H and O–H groups in total. The number of carbonyl (C=O) groups excluding carboxylic acids is 1. The van der Waals surface area contributed by atoms with Crippen LogP contribution >= 0.6 is 11.6 Å². The standard InChI is InChI=1S/C20H23ClN2O2/c21-17-6-13(10-22)1-2-18(17)25-11-19(24)23-12-20-7-14-3-15(8-20)5-16(4-14)9-20/h1-2,6,14-16H,3-5,7-9,11-12H2,(H,23,24). The molecule has 4 aliphatic carbocycles. The van der Waals surface area contributed by atoms with Crippen LogP contribution in [0.3, 0.4) is 0 Å². The Labute approximate surface area is 153 Å². The summed E-state index contributed by atoms with van der Waals surface area (Å²) in [6.45, 7) is 0.734. The zero-order valence-electron chi connectivity index (χ0n) is 14.3. The lowest BCUT2D eigenvalue weighted by Crippen LogP contribution is -2.51. The number of nitriles is 1. The second kappa shape index (κ2) is 6.53. The molecule has 4 bridgehead atoms. The predicted octanol–water partition coefficient (Wildman–Crippen LogP) is 3.92. The van der Waals surface area contributed by atoms with Gasteiger partial charge in [0.15, 0.2) is 6.61 Å². The Balaban J connectivity index is 1.29. The van der Waals surface area contributed by atoms with E-state index in [0.717, 1.165) is 24.3 Å². The van der Waals surface area contributed by atoms with Crippen LogP contribution < -0.4 is 10.1 Å². The summed E-state index contributed by atoms with van der Waals surface area (Å²) < 4.78 is 5.52. The third kappa shape index (κ3) is 3.48. The minimum atomic E-state index is -0.101. The molecule has 5 heteroatoms. The van der Waals surface area contributed by atoms with Crippen molar-refractivity contribution in [3.05, 3.63) is 28.8 Å². The van der Waals surface area contributed by atoms with Crippen molar-refractivity contribution in [1.29, 1.82) is 5.26 Å². The number of benzene rings is 1. The number of halogens is 1. The fraction of sp³-hybridized carbons (Fsp3) is 0.600. The van der Waals surface area contributed by atoms with Gasteiger partial charge in [-0.25, -0.2) is 0 Å². The first-order chi connectivity index (χ1) is 12.0. The lowest BCUT2D eigenvalue weighted by atomic mass is 9.49. The number of carbonyl (C=O) groups is 1. The van der Waals surface area contributed by atoms with E-state index in [-0.39, 0.29) is 12.5 Å². The van der Waals surface area contributed by atoms with Crippen molar-refractivity contribution in [1.82, 2.24) is 5.32 Å². The molecule has 4 saturated carbocycles. The summed E-state index contributed by atoms with van der Waals surface area (Å²) in [4.78, 5) is 12.2. The van der Waals surface area contributed by atoms with Crippen molar-refractivity contribution in [2.75, 3.05) is 13.2 Å². The zero-order chi connectivity index (χ0) is 17.4. The molecular formula is C20H23ClN2O2. The Hall–Kier alpha value is -1.73. The quantitative estimate of drug-likeness (QED) is 0.867. The van der Waals surface area contributed by atoms with Crippen molar-refractivity contribution < 1.29 is 9.53 Å². The smallest absolute Gasteiger partial charge is 0.257 e. The molecule has 0 aliphatic heterocycles. The van der Waals surface area contributed by atoms with E-state index < -0.39 is 0 Å². The first-order valence-corrected chi connectivity index (χ1v) is 9.52. The van der Waals surface area contributed by atoms with Gasteiger partial charge in [0.05, 0.1) is 16.7 Å². The van der Waals surface area contributed by atoms with E-state index in [4.69, 9.17) is 21.6 Å². The monoisotopic (exact) mass is 358 g/mol. The third-order valence-corrected chi connectivity index (χ3v) is 6.54. The third-order valence-electron chi connectivity index (χ3n) is 6.25. The molecule has 1 aromatic rings. The first kappa shape index (κ1) is 16.7. The highest BCUT2D eigenvalue weighted by molar-refractivity contribution is 6.32. The largest absolute Gasteiger partial charge is 0.482 e. The van der Waals surface area contributed by atoms with Gasteiger partial charge < -0.3 is 10.1 Å². The maximum Gasteiger partial charge on any atom is 0.257 e. The summed E-state index contributed by atoms with van der Waals surface area (Å²) in [7, 11) is 0. The number of hydrogen-bond donors (Lipinski definition) is 1. The molecule has 0 atom stereocenters. The van der Waals surface area contributed by atoms with E-state index in [1.54, 1.807) is 18.2 Å². The lowest BCUT2D eigenvalue weighted by molar-refractivity contribution is -0.125. The predicted molar refractivity (Wildman–Crippen MR) is 95.3 cm³/mol. The van der Waals surface area contributed by atoms with E-state index in [1.807, 2.05) is 6.07 Å². The Morgan fingerprint density at radius 3 is 2.44 bits per heavy atom. The highest BCUT2D eigenvalue weighted by Crippen LogP contribution is 2.59. The zero-order valence-corrected chi connectivity index (χ0v) is 15.0. The second-order valence-electron chi connectivity index (χ2n) is 8.24. The Bertz CT molecular complexity index is 690. The number of ether oxygens (including phenoxy) is 1. The van der Waals surface area contributed by atoms with Crippen molar-refractivity contribution >= 4 is 17.5 Å². The molecular weight excluding hydrogens is 336 g/mol. The van der Waals surface area contributed by atoms with Crippen LogP contribution in [0, 0.1) is 34.5 Å². The Morgan fingerprint density at radius 2 is 1.88 bits per heavy atom. The lowest BCUT2D eigenvalue weighted by Gasteiger charge is -2.56. The molecule has 132 valence electrons. The van der Waals surface area contributed by atoms with Gasteiger partial charge in [-0.2, -0.15) is 5.26 Å². The molecule has 1 aromatic carbocycles. The van der Waals surface area contributed by atoms with Gasteiger partial charge in [0.2, 0.25) is 0 Å². The van der Waals surface area contributed by atoms with Gasteiger partial charge in [-0.3, -0.25) is 4.79 Å². The molecule has 25 heavy (non-hydrogen) atoms. The van der Waals surface area contributed by atoms with E-state index in [9.17, 15) is 4.79 Å². The van der Waals surface area contributed by atoms with Gasteiger partial charge in [-0.05, 0) is 79.9 Å². The van der Waals surface area contributed by atoms with Gasteiger partial charge in [0.1, 0.15) is 5.75 Å². The van der Waals surface area contributed by atoms with Crippen molar-refractivity contribution in [3.63, 3.8) is 0 Å². The van der Waals surface area contributed by atoms with Crippen LogP contribution in [0.25, 0.3) is 0 Å². The van der Waals surface area contributed by atoms with Crippen LogP contribution in [0.15, 0.2) is 18.2 Å². The molecule has 0 saturated heterocycles. The average molecular weight is 359 g/mol. The normalized spacial score (nSPS) is 32.2. The average Bonchev–Trinajstić information content (AvgIpc) is 2.57. The molecule has 1 amide bonds. The maximum absolute atomic E-state index is 12.2. The topological polar surface area (TPSA) is 62.1 Å². The first-order valence-electron chi connectivity index (χ1n) is 9.14. The fourth-order valence-corrected chi connectivity index (χ4v) is 5.91. The molecule has 0 aromatic heterocycles. The van der Waals surface area contributed by atoms with Gasteiger partial charge >= 0.3 is 0 Å². The van der Waals surface area contributed by atoms with Crippen molar-refractivity contribution in [3.8, 4) is 11.8 Å². The molecule has 0 spiro atoms. The fourth-order valence-electron chi connectivity index (χ4n) is 5.67. The number of hydrogen-bond acceptors (Lipinski definition) is 3. The number of rotatable bonds is 5.